The zero-order valence-electron chi connectivity index (χ0n) is 15.8. The second-order valence-electron chi connectivity index (χ2n) is 6.02. The van der Waals surface area contributed by atoms with Crippen molar-refractivity contribution in [2.24, 2.45) is 0 Å². The van der Waals surface area contributed by atoms with Crippen molar-refractivity contribution in [3.63, 3.8) is 0 Å². The van der Waals surface area contributed by atoms with Gasteiger partial charge in [-0.25, -0.2) is 4.79 Å². The van der Waals surface area contributed by atoms with Crippen LogP contribution in [0, 0.1) is 0 Å². The van der Waals surface area contributed by atoms with Crippen molar-refractivity contribution in [2.75, 3.05) is 12.4 Å². The van der Waals surface area contributed by atoms with Crippen molar-refractivity contribution in [2.45, 2.75) is 32.6 Å². The number of hydrogen-bond acceptors (Lipinski definition) is 7. The Morgan fingerprint density at radius 3 is 2.54 bits per heavy atom. The van der Waals surface area contributed by atoms with E-state index in [2.05, 4.69) is 4.98 Å². The Balaban J connectivity index is 1.59. The quantitative estimate of drug-likeness (QED) is 0.333. The fraction of sp³-hybridized carbons (Fsp3) is 0.333. The first-order chi connectivity index (χ1) is 13.6. The third-order valence-corrected chi connectivity index (χ3v) is 4.75. The van der Waals surface area contributed by atoms with Gasteiger partial charge >= 0.3 is 11.9 Å². The Labute approximate surface area is 168 Å². The molecule has 0 aliphatic heterocycles. The van der Waals surface area contributed by atoms with Gasteiger partial charge in [0.2, 0.25) is 5.12 Å². The van der Waals surface area contributed by atoms with Crippen LogP contribution in [0.15, 0.2) is 48.8 Å². The Hall–Kier alpha value is -2.67. The molecule has 2 aromatic rings. The standard InChI is InChI=1S/C21H23NO5S/c1-16(23)27-19-11-5-4-10-18(19)20(24)26-13-6-2-3-7-14-28-21(25)17-9-8-12-22-15-17/h4-5,8-12,15H,2-3,6-7,13-14H2,1H3. The fourth-order valence-electron chi connectivity index (χ4n) is 2.41. The zero-order valence-corrected chi connectivity index (χ0v) is 16.6. The summed E-state index contributed by atoms with van der Waals surface area (Å²) in [5.74, 6) is -0.0339. The van der Waals surface area contributed by atoms with Gasteiger partial charge in [0.1, 0.15) is 11.3 Å². The first-order valence-electron chi connectivity index (χ1n) is 9.09. The fourth-order valence-corrected chi connectivity index (χ4v) is 3.23. The number of aromatic nitrogens is 1. The van der Waals surface area contributed by atoms with Gasteiger partial charge in [0.25, 0.3) is 0 Å². The number of rotatable bonds is 10. The molecule has 0 unspecified atom stereocenters. The predicted octanol–water partition coefficient (Wildman–Crippen LogP) is 4.30. The third kappa shape index (κ3) is 7.52. The average Bonchev–Trinajstić information content (AvgIpc) is 2.70. The van der Waals surface area contributed by atoms with E-state index in [4.69, 9.17) is 9.47 Å². The topological polar surface area (TPSA) is 82.6 Å². The molecule has 0 saturated carbocycles. The molecule has 2 rings (SSSR count). The number of nitrogens with zero attached hydrogens (tertiary/aromatic N) is 1. The predicted molar refractivity (Wildman–Crippen MR) is 108 cm³/mol. The summed E-state index contributed by atoms with van der Waals surface area (Å²) in [4.78, 5) is 39.1. The summed E-state index contributed by atoms with van der Waals surface area (Å²) in [5, 5.41) is 0.0356. The summed E-state index contributed by atoms with van der Waals surface area (Å²) in [5.41, 5.74) is 0.858. The van der Waals surface area contributed by atoms with Crippen LogP contribution in [0.5, 0.6) is 5.75 Å². The van der Waals surface area contributed by atoms with Gasteiger partial charge in [-0.15, -0.1) is 0 Å². The molecule has 1 aromatic heterocycles. The minimum absolute atomic E-state index is 0.0356. The first kappa shape index (κ1) is 21.6. The van der Waals surface area contributed by atoms with Gasteiger partial charge in [-0.1, -0.05) is 36.7 Å². The molecule has 0 saturated heterocycles. The summed E-state index contributed by atoms with van der Waals surface area (Å²) in [6, 6.07) is 10.0. The normalized spacial score (nSPS) is 10.3. The van der Waals surface area contributed by atoms with Gasteiger partial charge < -0.3 is 9.47 Å². The number of thioether (sulfide) groups is 1. The molecule has 0 amide bonds. The maximum atomic E-state index is 12.1. The highest BCUT2D eigenvalue weighted by molar-refractivity contribution is 8.14. The zero-order chi connectivity index (χ0) is 20.2. The molecule has 0 spiro atoms. The Morgan fingerprint density at radius 1 is 1.00 bits per heavy atom. The molecule has 0 bridgehead atoms. The summed E-state index contributed by atoms with van der Waals surface area (Å²) in [7, 11) is 0. The molecule has 148 valence electrons. The molecular formula is C21H23NO5S. The van der Waals surface area contributed by atoms with Gasteiger partial charge in [0, 0.05) is 30.6 Å². The molecule has 6 nitrogen and oxygen atoms in total. The maximum Gasteiger partial charge on any atom is 0.341 e. The van der Waals surface area contributed by atoms with E-state index in [0.717, 1.165) is 31.4 Å². The highest BCUT2D eigenvalue weighted by atomic mass is 32.2. The number of carbonyl (C=O) groups excluding carboxylic acids is 3. The number of ether oxygens (including phenoxy) is 2. The Kier molecular flexibility index (Phi) is 9.21. The largest absolute Gasteiger partial charge is 0.462 e. The number of pyridine rings is 1. The van der Waals surface area contributed by atoms with E-state index in [1.54, 1.807) is 48.8 Å². The lowest BCUT2D eigenvalue weighted by molar-refractivity contribution is -0.131. The molecule has 0 fully saturated rings. The van der Waals surface area contributed by atoms with Gasteiger partial charge in [-0.05, 0) is 37.1 Å². The van der Waals surface area contributed by atoms with Crippen LogP contribution < -0.4 is 4.74 Å². The van der Waals surface area contributed by atoms with Crippen LogP contribution >= 0.6 is 11.8 Å². The molecule has 1 heterocycles. The third-order valence-electron chi connectivity index (χ3n) is 3.76. The minimum atomic E-state index is -0.505. The molecule has 28 heavy (non-hydrogen) atoms. The smallest absolute Gasteiger partial charge is 0.341 e. The highest BCUT2D eigenvalue weighted by Crippen LogP contribution is 2.19. The second-order valence-corrected chi connectivity index (χ2v) is 7.09. The van der Waals surface area contributed by atoms with Crippen molar-refractivity contribution in [1.29, 1.82) is 0 Å². The molecular weight excluding hydrogens is 378 g/mol. The van der Waals surface area contributed by atoms with Crippen LogP contribution in [-0.2, 0) is 9.53 Å². The van der Waals surface area contributed by atoms with Crippen molar-refractivity contribution in [3.05, 3.63) is 59.9 Å². The number of unbranched alkanes of at least 4 members (excludes halogenated alkanes) is 3. The van der Waals surface area contributed by atoms with Crippen molar-refractivity contribution >= 4 is 28.8 Å². The summed E-state index contributed by atoms with van der Waals surface area (Å²) >= 11 is 1.30. The van der Waals surface area contributed by atoms with E-state index in [-0.39, 0.29) is 16.4 Å². The maximum absolute atomic E-state index is 12.1. The van der Waals surface area contributed by atoms with Gasteiger partial charge in [-0.2, -0.15) is 0 Å². The van der Waals surface area contributed by atoms with E-state index in [1.165, 1.54) is 18.7 Å². The van der Waals surface area contributed by atoms with Gasteiger partial charge in [0.05, 0.1) is 6.61 Å². The lowest BCUT2D eigenvalue weighted by Crippen LogP contribution is -2.11. The van der Waals surface area contributed by atoms with E-state index >= 15 is 0 Å². The number of para-hydroxylation sites is 1. The molecule has 0 atom stereocenters. The molecule has 7 heteroatoms. The average molecular weight is 401 g/mol. The molecule has 0 radical (unpaired) electrons. The van der Waals surface area contributed by atoms with E-state index < -0.39 is 11.9 Å². The number of esters is 2. The minimum Gasteiger partial charge on any atom is -0.462 e. The monoisotopic (exact) mass is 401 g/mol. The molecule has 0 N–H and O–H groups in total. The van der Waals surface area contributed by atoms with Crippen LogP contribution in [0.25, 0.3) is 0 Å². The van der Waals surface area contributed by atoms with Crippen molar-refractivity contribution in [3.8, 4) is 5.75 Å². The number of benzene rings is 1. The van der Waals surface area contributed by atoms with Crippen molar-refractivity contribution in [1.82, 2.24) is 4.98 Å². The molecule has 0 aliphatic rings. The Bertz CT molecular complexity index is 794. The lowest BCUT2D eigenvalue weighted by atomic mass is 10.2. The SMILES string of the molecule is CC(=O)Oc1ccccc1C(=O)OCCCCCCSC(=O)c1cccnc1. The van der Waals surface area contributed by atoms with E-state index in [1.807, 2.05) is 0 Å². The summed E-state index contributed by atoms with van der Waals surface area (Å²) < 4.78 is 10.3. The number of carbonyl (C=O) groups is 3. The van der Waals surface area contributed by atoms with Crippen LogP contribution in [0.3, 0.4) is 0 Å². The van der Waals surface area contributed by atoms with E-state index in [9.17, 15) is 14.4 Å². The van der Waals surface area contributed by atoms with Gasteiger partial charge in [-0.3, -0.25) is 14.6 Å². The summed E-state index contributed by atoms with van der Waals surface area (Å²) in [6.45, 7) is 1.58. The van der Waals surface area contributed by atoms with E-state index in [0.29, 0.717) is 12.2 Å². The Morgan fingerprint density at radius 2 is 1.79 bits per heavy atom. The molecule has 0 aliphatic carbocycles. The van der Waals surface area contributed by atoms with Crippen LogP contribution in [0.1, 0.15) is 53.3 Å². The molecule has 1 aromatic carbocycles. The first-order valence-corrected chi connectivity index (χ1v) is 10.1. The second kappa shape index (κ2) is 11.9. The van der Waals surface area contributed by atoms with Crippen LogP contribution in [0.2, 0.25) is 0 Å². The van der Waals surface area contributed by atoms with Crippen molar-refractivity contribution < 1.29 is 23.9 Å². The van der Waals surface area contributed by atoms with Crippen LogP contribution in [-0.4, -0.2) is 34.4 Å². The highest BCUT2D eigenvalue weighted by Gasteiger charge is 2.14. The lowest BCUT2D eigenvalue weighted by Gasteiger charge is -2.09. The number of hydrogen-bond donors (Lipinski definition) is 0. The summed E-state index contributed by atoms with van der Waals surface area (Å²) in [6.07, 6.45) is 6.73. The van der Waals surface area contributed by atoms with Crippen LogP contribution in [0.4, 0.5) is 0 Å². The van der Waals surface area contributed by atoms with Gasteiger partial charge in [0.15, 0.2) is 0 Å².